The van der Waals surface area contributed by atoms with E-state index in [0.29, 0.717) is 18.5 Å². The highest BCUT2D eigenvalue weighted by Gasteiger charge is 2.42. The molecule has 1 aliphatic rings. The zero-order valence-corrected chi connectivity index (χ0v) is 13.5. The van der Waals surface area contributed by atoms with Crippen molar-refractivity contribution in [3.63, 3.8) is 0 Å². The number of hydrogen-bond acceptors (Lipinski definition) is 3. The molecule has 1 aromatic heterocycles. The van der Waals surface area contributed by atoms with Crippen molar-refractivity contribution in [2.75, 3.05) is 6.54 Å². The minimum Gasteiger partial charge on any atom is -0.387 e. The number of aryl methyl sites for hydroxylation is 1. The van der Waals surface area contributed by atoms with Gasteiger partial charge in [-0.1, -0.05) is 25.1 Å². The number of hydrogen-bond donors (Lipinski definition) is 1. The monoisotopic (exact) mass is 320 g/mol. The molecule has 1 aliphatic heterocycles. The van der Waals surface area contributed by atoms with Gasteiger partial charge in [0.25, 0.3) is 0 Å². The summed E-state index contributed by atoms with van der Waals surface area (Å²) < 4.78 is 29.0. The fraction of sp³-hybridized carbons (Fsp3) is 0.375. The van der Waals surface area contributed by atoms with Crippen LogP contribution in [0.25, 0.3) is 0 Å². The quantitative estimate of drug-likeness (QED) is 0.936. The Labute approximate surface area is 130 Å². The van der Waals surface area contributed by atoms with Crippen molar-refractivity contribution in [3.8, 4) is 0 Å². The number of rotatable bonds is 3. The van der Waals surface area contributed by atoms with Gasteiger partial charge in [0, 0.05) is 37.5 Å². The molecule has 0 aliphatic carbocycles. The predicted molar refractivity (Wildman–Crippen MR) is 83.9 cm³/mol. The third kappa shape index (κ3) is 2.27. The Kier molecular flexibility index (Phi) is 3.84. The van der Waals surface area contributed by atoms with Gasteiger partial charge in [-0.2, -0.15) is 4.31 Å². The van der Waals surface area contributed by atoms with Crippen LogP contribution >= 0.6 is 0 Å². The third-order valence-electron chi connectivity index (χ3n) is 4.34. The Balaban J connectivity index is 2.09. The molecule has 1 aromatic carbocycles. The summed E-state index contributed by atoms with van der Waals surface area (Å²) in [6, 6.07) is 10.1. The van der Waals surface area contributed by atoms with E-state index in [9.17, 15) is 13.5 Å². The smallest absolute Gasteiger partial charge is 0.243 e. The zero-order chi connectivity index (χ0) is 15.9. The van der Waals surface area contributed by atoms with E-state index < -0.39 is 22.2 Å². The van der Waals surface area contributed by atoms with Crippen LogP contribution in [0.2, 0.25) is 0 Å². The average Bonchev–Trinajstić information content (AvgIpc) is 2.90. The molecule has 2 atom stereocenters. The van der Waals surface area contributed by atoms with Crippen LogP contribution in [0.4, 0.5) is 0 Å². The number of fused-ring (bicyclic) bond motifs is 1. The largest absolute Gasteiger partial charge is 0.387 e. The van der Waals surface area contributed by atoms with E-state index in [4.69, 9.17) is 0 Å². The summed E-state index contributed by atoms with van der Waals surface area (Å²) in [7, 11) is -1.65. The van der Waals surface area contributed by atoms with Crippen LogP contribution in [0.1, 0.15) is 24.3 Å². The van der Waals surface area contributed by atoms with Crippen LogP contribution in [0, 0.1) is 0 Å². The Morgan fingerprint density at radius 2 is 1.91 bits per heavy atom. The molecule has 1 N–H and O–H groups in total. The molecule has 0 bridgehead atoms. The van der Waals surface area contributed by atoms with E-state index in [1.54, 1.807) is 31.2 Å². The fourth-order valence-electron chi connectivity index (χ4n) is 3.17. The van der Waals surface area contributed by atoms with Gasteiger partial charge < -0.3 is 9.67 Å². The summed E-state index contributed by atoms with van der Waals surface area (Å²) in [5.41, 5.74) is 1.49. The minimum absolute atomic E-state index is 0.215. The number of nitrogens with zero attached hydrogens (tertiary/aromatic N) is 2. The van der Waals surface area contributed by atoms with Crippen molar-refractivity contribution in [1.29, 1.82) is 0 Å². The number of aliphatic hydroxyl groups excluding tert-OH is 1. The molecule has 22 heavy (non-hydrogen) atoms. The van der Waals surface area contributed by atoms with Crippen LogP contribution in [0.15, 0.2) is 47.5 Å². The van der Waals surface area contributed by atoms with Gasteiger partial charge in [-0.25, -0.2) is 8.42 Å². The van der Waals surface area contributed by atoms with Crippen LogP contribution < -0.4 is 0 Å². The summed E-state index contributed by atoms with van der Waals surface area (Å²) in [5, 5.41) is 10.7. The number of likely N-dealkylation sites (N-methyl/N-ethyl adjacent to an activating group) is 1. The molecule has 2 heterocycles. The third-order valence-corrected chi connectivity index (χ3v) is 6.41. The van der Waals surface area contributed by atoms with E-state index in [1.165, 1.54) is 4.31 Å². The molecule has 0 saturated carbocycles. The number of benzene rings is 1. The van der Waals surface area contributed by atoms with E-state index in [0.717, 1.165) is 5.69 Å². The van der Waals surface area contributed by atoms with Crippen molar-refractivity contribution in [3.05, 3.63) is 53.9 Å². The summed E-state index contributed by atoms with van der Waals surface area (Å²) in [6.07, 6.45) is 1.57. The molecule has 118 valence electrons. The molecule has 0 radical (unpaired) electrons. The molecule has 2 aromatic rings. The number of aliphatic hydroxyl groups is 1. The molecule has 3 rings (SSSR count). The first-order chi connectivity index (χ1) is 10.5. The topological polar surface area (TPSA) is 62.5 Å². The van der Waals surface area contributed by atoms with E-state index in [-0.39, 0.29) is 4.90 Å². The lowest BCUT2D eigenvalue weighted by molar-refractivity contribution is 0.0808. The van der Waals surface area contributed by atoms with Crippen LogP contribution in [-0.2, 0) is 23.5 Å². The van der Waals surface area contributed by atoms with Crippen molar-refractivity contribution >= 4 is 10.0 Å². The molecule has 6 heteroatoms. The molecule has 0 unspecified atom stereocenters. The number of sulfonamides is 1. The minimum atomic E-state index is -3.57. The molecular formula is C16H20N2O3S. The Bertz CT molecular complexity index is 782. The van der Waals surface area contributed by atoms with Gasteiger partial charge in [0.2, 0.25) is 10.0 Å². The lowest BCUT2D eigenvalue weighted by Crippen LogP contribution is -2.49. The first-order valence-electron chi connectivity index (χ1n) is 7.36. The standard InChI is InChI=1S/C16H20N2O3S/c1-3-18-14(11-12-7-6-10-17(12)2)16(19)13-8-4-5-9-15(13)22(18,20)21/h4-10,14,16,19H,3,11H2,1-2H3/t14-,16-/m0/s1. The summed E-state index contributed by atoms with van der Waals surface area (Å²) in [6.45, 7) is 2.14. The Hall–Kier alpha value is -1.63. The van der Waals surface area contributed by atoms with E-state index in [2.05, 4.69) is 0 Å². The van der Waals surface area contributed by atoms with Crippen LogP contribution in [-0.4, -0.2) is 35.0 Å². The lowest BCUT2D eigenvalue weighted by Gasteiger charge is -2.38. The van der Waals surface area contributed by atoms with Gasteiger partial charge in [0.05, 0.1) is 17.0 Å². The summed E-state index contributed by atoms with van der Waals surface area (Å²) in [5.74, 6) is 0. The van der Waals surface area contributed by atoms with Gasteiger partial charge in [-0.15, -0.1) is 0 Å². The Morgan fingerprint density at radius 3 is 2.55 bits per heavy atom. The molecule has 5 nitrogen and oxygen atoms in total. The Morgan fingerprint density at radius 1 is 1.18 bits per heavy atom. The molecular weight excluding hydrogens is 300 g/mol. The average molecular weight is 320 g/mol. The summed E-state index contributed by atoms with van der Waals surface area (Å²) >= 11 is 0. The second-order valence-electron chi connectivity index (χ2n) is 5.57. The first kappa shape index (κ1) is 15.3. The van der Waals surface area contributed by atoms with Crippen molar-refractivity contribution in [2.24, 2.45) is 7.05 Å². The van der Waals surface area contributed by atoms with Crippen LogP contribution in [0.3, 0.4) is 0 Å². The molecule has 0 saturated heterocycles. The van der Waals surface area contributed by atoms with Crippen molar-refractivity contribution < 1.29 is 13.5 Å². The SMILES string of the molecule is CCN1[C@@H](Cc2cccn2C)[C@@H](O)c2ccccc2S1(=O)=O. The van der Waals surface area contributed by atoms with E-state index >= 15 is 0 Å². The summed E-state index contributed by atoms with van der Waals surface area (Å²) in [4.78, 5) is 0.215. The molecule has 0 amide bonds. The maximum atomic E-state index is 12.8. The van der Waals surface area contributed by atoms with Gasteiger partial charge in [-0.05, 0) is 18.2 Å². The molecule has 0 spiro atoms. The zero-order valence-electron chi connectivity index (χ0n) is 12.7. The fourth-order valence-corrected chi connectivity index (χ4v) is 5.05. The van der Waals surface area contributed by atoms with Gasteiger partial charge in [0.1, 0.15) is 0 Å². The highest BCUT2D eigenvalue weighted by molar-refractivity contribution is 7.89. The van der Waals surface area contributed by atoms with Gasteiger partial charge in [-0.3, -0.25) is 0 Å². The highest BCUT2D eigenvalue weighted by Crippen LogP contribution is 2.37. The maximum Gasteiger partial charge on any atom is 0.243 e. The van der Waals surface area contributed by atoms with Crippen molar-refractivity contribution in [1.82, 2.24) is 8.87 Å². The molecule has 0 fully saturated rings. The van der Waals surface area contributed by atoms with Crippen molar-refractivity contribution in [2.45, 2.75) is 30.4 Å². The second kappa shape index (κ2) is 5.53. The van der Waals surface area contributed by atoms with Gasteiger partial charge in [0.15, 0.2) is 0 Å². The first-order valence-corrected chi connectivity index (χ1v) is 8.80. The van der Waals surface area contributed by atoms with Crippen LogP contribution in [0.5, 0.6) is 0 Å². The maximum absolute atomic E-state index is 12.8. The number of aromatic nitrogens is 1. The highest BCUT2D eigenvalue weighted by atomic mass is 32.2. The van der Waals surface area contributed by atoms with E-state index in [1.807, 2.05) is 29.9 Å². The normalized spacial score (nSPS) is 24.1. The second-order valence-corrected chi connectivity index (χ2v) is 7.43. The lowest BCUT2D eigenvalue weighted by atomic mass is 9.97. The predicted octanol–water partition coefficient (Wildman–Crippen LogP) is 1.69. The van der Waals surface area contributed by atoms with Gasteiger partial charge >= 0.3 is 0 Å².